The summed E-state index contributed by atoms with van der Waals surface area (Å²) in [7, 11) is 0. The molecule has 23 heavy (non-hydrogen) atoms. The van der Waals surface area contributed by atoms with E-state index in [-0.39, 0.29) is 0 Å². The van der Waals surface area contributed by atoms with E-state index in [9.17, 15) is 5.11 Å². The highest BCUT2D eigenvalue weighted by Gasteiger charge is 2.36. The van der Waals surface area contributed by atoms with Crippen LogP contribution in [0.3, 0.4) is 0 Å². The summed E-state index contributed by atoms with van der Waals surface area (Å²) >= 11 is 0. The highest BCUT2D eigenvalue weighted by Crippen LogP contribution is 2.28. The van der Waals surface area contributed by atoms with Gasteiger partial charge in [-0.05, 0) is 11.1 Å². The molecule has 1 aliphatic heterocycles. The van der Waals surface area contributed by atoms with E-state index in [4.69, 9.17) is 14.2 Å². The fourth-order valence-electron chi connectivity index (χ4n) is 2.56. The van der Waals surface area contributed by atoms with Gasteiger partial charge in [-0.3, -0.25) is 0 Å². The first-order valence-electron chi connectivity index (χ1n) is 7.91. The molecule has 0 radical (unpaired) electrons. The monoisotopic (exact) mass is 314 g/mol. The van der Waals surface area contributed by atoms with Crippen LogP contribution in [0.5, 0.6) is 0 Å². The molecule has 1 heterocycles. The van der Waals surface area contributed by atoms with Crippen molar-refractivity contribution < 1.29 is 19.3 Å². The molecular formula is C19H22O4. The lowest BCUT2D eigenvalue weighted by molar-refractivity contribution is -0.299. The molecule has 0 saturated carbocycles. The first kappa shape index (κ1) is 16.1. The lowest BCUT2D eigenvalue weighted by Gasteiger charge is -2.36. The number of ether oxygens (including phenoxy) is 3. The Morgan fingerprint density at radius 2 is 1.57 bits per heavy atom. The Hall–Kier alpha value is -1.72. The quantitative estimate of drug-likeness (QED) is 0.832. The van der Waals surface area contributed by atoms with Crippen LogP contribution in [0.4, 0.5) is 0 Å². The van der Waals surface area contributed by atoms with Crippen molar-refractivity contribution in [2.24, 2.45) is 0 Å². The molecule has 1 N–H and O–H groups in total. The zero-order valence-corrected chi connectivity index (χ0v) is 13.1. The van der Waals surface area contributed by atoms with Gasteiger partial charge in [0.2, 0.25) is 0 Å². The van der Waals surface area contributed by atoms with Crippen LogP contribution in [0.25, 0.3) is 0 Å². The van der Waals surface area contributed by atoms with Crippen molar-refractivity contribution >= 4 is 0 Å². The summed E-state index contributed by atoms with van der Waals surface area (Å²) in [5.41, 5.74) is 2.12. The van der Waals surface area contributed by atoms with Crippen molar-refractivity contribution in [1.82, 2.24) is 0 Å². The third-order valence-electron chi connectivity index (χ3n) is 3.91. The maximum atomic E-state index is 10.6. The average Bonchev–Trinajstić information content (AvgIpc) is 2.60. The molecule has 3 rings (SSSR count). The average molecular weight is 314 g/mol. The molecule has 0 amide bonds. The first-order valence-corrected chi connectivity index (χ1v) is 7.91. The molecular weight excluding hydrogens is 292 g/mol. The van der Waals surface area contributed by atoms with Gasteiger partial charge in [0.05, 0.1) is 26.2 Å². The van der Waals surface area contributed by atoms with Gasteiger partial charge in [-0.25, -0.2) is 0 Å². The van der Waals surface area contributed by atoms with E-state index in [2.05, 4.69) is 0 Å². The Balaban J connectivity index is 1.50. The molecule has 0 spiro atoms. The predicted molar refractivity (Wildman–Crippen MR) is 86.4 cm³/mol. The van der Waals surface area contributed by atoms with Crippen LogP contribution in [0.2, 0.25) is 0 Å². The van der Waals surface area contributed by atoms with Crippen LogP contribution >= 0.6 is 0 Å². The Kier molecular flexibility index (Phi) is 5.41. The Morgan fingerprint density at radius 3 is 2.22 bits per heavy atom. The van der Waals surface area contributed by atoms with Gasteiger partial charge in [-0.2, -0.15) is 0 Å². The lowest BCUT2D eigenvalue weighted by atomic mass is 10.1. The molecule has 1 fully saturated rings. The van der Waals surface area contributed by atoms with Crippen molar-refractivity contribution in [3.63, 3.8) is 0 Å². The molecule has 0 aliphatic carbocycles. The normalized spacial score (nSPS) is 24.5. The summed E-state index contributed by atoms with van der Waals surface area (Å²) in [4.78, 5) is 0. The fraction of sp³-hybridized carbons (Fsp3) is 0.368. The largest absolute Gasteiger partial charge is 0.365 e. The summed E-state index contributed by atoms with van der Waals surface area (Å²) in [5.74, 6) is -1.20. The van der Waals surface area contributed by atoms with Crippen molar-refractivity contribution in [2.75, 3.05) is 6.61 Å². The summed E-state index contributed by atoms with van der Waals surface area (Å²) < 4.78 is 17.1. The van der Waals surface area contributed by atoms with Crippen LogP contribution < -0.4 is 0 Å². The van der Waals surface area contributed by atoms with Crippen LogP contribution in [0, 0.1) is 0 Å². The van der Waals surface area contributed by atoms with E-state index in [1.807, 2.05) is 60.7 Å². The maximum Gasteiger partial charge on any atom is 0.172 e. The first-order chi connectivity index (χ1) is 11.2. The van der Waals surface area contributed by atoms with Crippen molar-refractivity contribution in [1.29, 1.82) is 0 Å². The maximum absolute atomic E-state index is 10.6. The van der Waals surface area contributed by atoms with Crippen LogP contribution in [0.15, 0.2) is 60.7 Å². The van der Waals surface area contributed by atoms with Crippen LogP contribution in [0.1, 0.15) is 24.0 Å². The summed E-state index contributed by atoms with van der Waals surface area (Å²) in [5, 5.41) is 10.6. The summed E-state index contributed by atoms with van der Waals surface area (Å²) in [6.45, 7) is 1.26. The number of aliphatic hydroxyl groups is 1. The molecule has 2 atom stereocenters. The zero-order valence-electron chi connectivity index (χ0n) is 13.1. The van der Waals surface area contributed by atoms with Crippen LogP contribution in [-0.4, -0.2) is 23.8 Å². The molecule has 1 aliphatic rings. The summed E-state index contributed by atoms with van der Waals surface area (Å²) in [6.07, 6.45) is 0.308. The van der Waals surface area contributed by atoms with Crippen molar-refractivity contribution in [3.8, 4) is 0 Å². The van der Waals surface area contributed by atoms with Gasteiger partial charge in [-0.1, -0.05) is 60.7 Å². The molecule has 2 aromatic carbocycles. The Labute approximate surface area is 136 Å². The van der Waals surface area contributed by atoms with E-state index in [1.165, 1.54) is 0 Å². The Morgan fingerprint density at radius 1 is 0.957 bits per heavy atom. The van der Waals surface area contributed by atoms with Gasteiger partial charge in [0.25, 0.3) is 0 Å². The smallest absolute Gasteiger partial charge is 0.172 e. The van der Waals surface area contributed by atoms with E-state index in [0.717, 1.165) is 11.1 Å². The Bertz CT molecular complexity index is 587. The second-order valence-electron chi connectivity index (χ2n) is 5.77. The zero-order chi connectivity index (χ0) is 16.0. The predicted octanol–water partition coefficient (Wildman–Crippen LogP) is 3.25. The van der Waals surface area contributed by atoms with Crippen LogP contribution in [-0.2, 0) is 27.4 Å². The van der Waals surface area contributed by atoms with Crippen molar-refractivity contribution in [2.45, 2.75) is 38.1 Å². The highest BCUT2D eigenvalue weighted by molar-refractivity contribution is 5.14. The minimum Gasteiger partial charge on any atom is -0.365 e. The highest BCUT2D eigenvalue weighted by atomic mass is 16.7. The van der Waals surface area contributed by atoms with Gasteiger partial charge in [0, 0.05) is 6.42 Å². The topological polar surface area (TPSA) is 47.9 Å². The van der Waals surface area contributed by atoms with E-state index >= 15 is 0 Å². The van der Waals surface area contributed by atoms with E-state index in [1.54, 1.807) is 0 Å². The molecule has 1 saturated heterocycles. The van der Waals surface area contributed by atoms with Gasteiger partial charge in [0.15, 0.2) is 12.1 Å². The minimum atomic E-state index is -1.20. The second kappa shape index (κ2) is 7.70. The second-order valence-corrected chi connectivity index (χ2v) is 5.77. The fourth-order valence-corrected chi connectivity index (χ4v) is 2.56. The third kappa shape index (κ3) is 4.88. The third-order valence-corrected chi connectivity index (χ3v) is 3.91. The van der Waals surface area contributed by atoms with Gasteiger partial charge < -0.3 is 19.3 Å². The van der Waals surface area contributed by atoms with E-state index in [0.29, 0.717) is 32.7 Å². The molecule has 0 aromatic heterocycles. The number of hydrogen-bond acceptors (Lipinski definition) is 4. The molecule has 2 unspecified atom stereocenters. The summed E-state index contributed by atoms with van der Waals surface area (Å²) in [6, 6.07) is 19.7. The SMILES string of the molecule is OC1(OCc2ccccc2)CCOC(OCc2ccccc2)C1. The standard InChI is InChI=1S/C19H22O4/c20-19(23-15-17-9-5-2-6-10-17)11-12-21-18(13-19)22-14-16-7-3-1-4-8-16/h1-10,18,20H,11-15H2. The van der Waals surface area contributed by atoms with Crippen molar-refractivity contribution in [3.05, 3.63) is 71.8 Å². The number of benzene rings is 2. The molecule has 2 aromatic rings. The minimum absolute atomic E-state index is 0.312. The number of rotatable bonds is 6. The van der Waals surface area contributed by atoms with E-state index < -0.39 is 12.1 Å². The van der Waals surface area contributed by atoms with Gasteiger partial charge in [-0.15, -0.1) is 0 Å². The molecule has 4 nitrogen and oxygen atoms in total. The molecule has 0 bridgehead atoms. The molecule has 4 heteroatoms. The lowest BCUT2D eigenvalue weighted by Crippen LogP contribution is -2.43. The number of hydrogen-bond donors (Lipinski definition) is 1. The molecule has 122 valence electrons. The van der Waals surface area contributed by atoms with Gasteiger partial charge >= 0.3 is 0 Å². The van der Waals surface area contributed by atoms with Gasteiger partial charge in [0.1, 0.15) is 0 Å².